The monoisotopic (exact) mass is 313 g/mol. The number of nitrogens with zero attached hydrogens (tertiary/aromatic N) is 3. The molecule has 0 radical (unpaired) electrons. The molecule has 1 aliphatic rings. The molecular weight excluding hydrogens is 286 g/mol. The van der Waals surface area contributed by atoms with Crippen molar-refractivity contribution in [2.45, 2.75) is 12.8 Å². The average molecular weight is 313 g/mol. The van der Waals surface area contributed by atoms with Gasteiger partial charge in [0.15, 0.2) is 0 Å². The van der Waals surface area contributed by atoms with Gasteiger partial charge in [-0.15, -0.1) is 0 Å². The predicted octanol–water partition coefficient (Wildman–Crippen LogP) is 2.81. The van der Waals surface area contributed by atoms with E-state index < -0.39 is 0 Å². The maximum atomic E-state index is 5.41. The molecule has 1 aromatic carbocycles. The van der Waals surface area contributed by atoms with Crippen LogP contribution in [0, 0.1) is 0 Å². The van der Waals surface area contributed by atoms with Crippen LogP contribution in [0.2, 0.25) is 0 Å². The Hall–Kier alpha value is -1.78. The molecule has 1 fully saturated rings. The summed E-state index contributed by atoms with van der Waals surface area (Å²) >= 11 is 0. The molecule has 0 aliphatic carbocycles. The van der Waals surface area contributed by atoms with Gasteiger partial charge in [0, 0.05) is 50.5 Å². The van der Waals surface area contributed by atoms with Crippen molar-refractivity contribution in [3.05, 3.63) is 48.3 Å². The van der Waals surface area contributed by atoms with Gasteiger partial charge in [0.2, 0.25) is 0 Å². The summed E-state index contributed by atoms with van der Waals surface area (Å²) in [6.45, 7) is 5.08. The summed E-state index contributed by atoms with van der Waals surface area (Å²) in [5.74, 6) is 0. The second-order valence-electron chi connectivity index (χ2n) is 6.34. The Bertz CT molecular complexity index is 597. The quantitative estimate of drug-likeness (QED) is 0.818. The van der Waals surface area contributed by atoms with Gasteiger partial charge in [-0.2, -0.15) is 0 Å². The van der Waals surface area contributed by atoms with E-state index in [0.717, 1.165) is 39.3 Å². The lowest BCUT2D eigenvalue weighted by Crippen LogP contribution is -2.37. The Morgan fingerprint density at radius 2 is 1.78 bits per heavy atom. The van der Waals surface area contributed by atoms with Gasteiger partial charge in [-0.3, -0.25) is 4.90 Å². The number of anilines is 1. The molecule has 0 amide bonds. The van der Waals surface area contributed by atoms with Crippen molar-refractivity contribution in [2.75, 3.05) is 51.8 Å². The van der Waals surface area contributed by atoms with Crippen LogP contribution in [0.25, 0.3) is 5.69 Å². The van der Waals surface area contributed by atoms with E-state index in [2.05, 4.69) is 71.1 Å². The van der Waals surface area contributed by atoms with Crippen LogP contribution in [-0.2, 0) is 11.2 Å². The van der Waals surface area contributed by atoms with Crippen molar-refractivity contribution >= 4 is 5.69 Å². The van der Waals surface area contributed by atoms with Gasteiger partial charge < -0.3 is 14.2 Å². The zero-order valence-corrected chi connectivity index (χ0v) is 14.2. The minimum atomic E-state index is 0.884. The number of aromatic nitrogens is 1. The third-order valence-corrected chi connectivity index (χ3v) is 4.49. The fraction of sp³-hybridized carbons (Fsp3) is 0.474. The number of hydrogen-bond acceptors (Lipinski definition) is 3. The van der Waals surface area contributed by atoms with Crippen LogP contribution in [0.15, 0.2) is 42.6 Å². The van der Waals surface area contributed by atoms with Crippen molar-refractivity contribution in [3.63, 3.8) is 0 Å². The van der Waals surface area contributed by atoms with Gasteiger partial charge in [0.1, 0.15) is 0 Å². The van der Waals surface area contributed by atoms with Gasteiger partial charge in [0.05, 0.1) is 13.2 Å². The standard InChI is InChI=1S/C19H27N3O/c1-20(2)17-7-9-19(10-8-17)22-12-4-6-18(22)5-3-11-21-13-15-23-16-14-21/h4,6-10,12H,3,5,11,13-16H2,1-2H3. The fourth-order valence-corrected chi connectivity index (χ4v) is 3.09. The van der Waals surface area contributed by atoms with E-state index in [1.54, 1.807) is 0 Å². The Kier molecular flexibility index (Phi) is 5.36. The molecule has 0 N–H and O–H groups in total. The Balaban J connectivity index is 1.60. The molecule has 0 saturated carbocycles. The van der Waals surface area contributed by atoms with E-state index in [1.807, 2.05) is 0 Å². The molecular formula is C19H27N3O. The number of aryl methyl sites for hydroxylation is 1. The van der Waals surface area contributed by atoms with Crippen molar-refractivity contribution in [2.24, 2.45) is 0 Å². The topological polar surface area (TPSA) is 20.6 Å². The van der Waals surface area contributed by atoms with Crippen LogP contribution in [0.3, 0.4) is 0 Å². The second-order valence-corrected chi connectivity index (χ2v) is 6.34. The van der Waals surface area contributed by atoms with E-state index in [9.17, 15) is 0 Å². The summed E-state index contributed by atoms with van der Waals surface area (Å²) in [6, 6.07) is 13.1. The Morgan fingerprint density at radius 3 is 2.48 bits per heavy atom. The maximum absolute atomic E-state index is 5.41. The van der Waals surface area contributed by atoms with Crippen molar-refractivity contribution in [1.82, 2.24) is 9.47 Å². The van der Waals surface area contributed by atoms with E-state index in [1.165, 1.54) is 23.5 Å². The van der Waals surface area contributed by atoms with Crippen molar-refractivity contribution < 1.29 is 4.74 Å². The van der Waals surface area contributed by atoms with E-state index in [-0.39, 0.29) is 0 Å². The smallest absolute Gasteiger partial charge is 0.0594 e. The van der Waals surface area contributed by atoms with Crippen LogP contribution in [0.5, 0.6) is 0 Å². The molecule has 2 heterocycles. The Labute approximate surface area is 139 Å². The molecule has 1 aliphatic heterocycles. The van der Waals surface area contributed by atoms with Gasteiger partial charge >= 0.3 is 0 Å². The van der Waals surface area contributed by atoms with E-state index in [4.69, 9.17) is 4.74 Å². The third kappa shape index (κ3) is 4.15. The summed E-state index contributed by atoms with van der Waals surface area (Å²) in [5.41, 5.74) is 3.85. The largest absolute Gasteiger partial charge is 0.379 e. The summed E-state index contributed by atoms with van der Waals surface area (Å²) in [5, 5.41) is 0. The predicted molar refractivity (Wildman–Crippen MR) is 95.7 cm³/mol. The lowest BCUT2D eigenvalue weighted by atomic mass is 10.2. The number of rotatable bonds is 6. The molecule has 23 heavy (non-hydrogen) atoms. The summed E-state index contributed by atoms with van der Waals surface area (Å²) in [7, 11) is 4.14. The van der Waals surface area contributed by atoms with E-state index in [0.29, 0.717) is 0 Å². The first-order valence-corrected chi connectivity index (χ1v) is 8.48. The summed E-state index contributed by atoms with van der Waals surface area (Å²) in [4.78, 5) is 4.63. The highest BCUT2D eigenvalue weighted by molar-refractivity contribution is 5.50. The maximum Gasteiger partial charge on any atom is 0.0594 e. The molecule has 0 spiro atoms. The first-order chi connectivity index (χ1) is 11.2. The first kappa shape index (κ1) is 16.1. The van der Waals surface area contributed by atoms with Crippen LogP contribution in [0.1, 0.15) is 12.1 Å². The van der Waals surface area contributed by atoms with Crippen LogP contribution in [-0.4, -0.2) is 56.4 Å². The van der Waals surface area contributed by atoms with Gasteiger partial charge in [0.25, 0.3) is 0 Å². The summed E-state index contributed by atoms with van der Waals surface area (Å²) < 4.78 is 7.71. The van der Waals surface area contributed by atoms with Crippen LogP contribution < -0.4 is 4.90 Å². The average Bonchev–Trinajstić information content (AvgIpc) is 3.04. The molecule has 4 heteroatoms. The van der Waals surface area contributed by atoms with Crippen molar-refractivity contribution in [1.29, 1.82) is 0 Å². The van der Waals surface area contributed by atoms with Gasteiger partial charge in [-0.1, -0.05) is 0 Å². The van der Waals surface area contributed by atoms with E-state index >= 15 is 0 Å². The number of hydrogen-bond donors (Lipinski definition) is 0. The number of ether oxygens (including phenoxy) is 1. The molecule has 0 unspecified atom stereocenters. The third-order valence-electron chi connectivity index (χ3n) is 4.49. The number of morpholine rings is 1. The molecule has 2 aromatic rings. The van der Waals surface area contributed by atoms with Crippen LogP contribution >= 0.6 is 0 Å². The number of benzene rings is 1. The highest BCUT2D eigenvalue weighted by atomic mass is 16.5. The highest BCUT2D eigenvalue weighted by Crippen LogP contribution is 2.18. The lowest BCUT2D eigenvalue weighted by molar-refractivity contribution is 0.0374. The zero-order valence-electron chi connectivity index (χ0n) is 14.2. The summed E-state index contributed by atoms with van der Waals surface area (Å²) in [6.07, 6.45) is 4.47. The van der Waals surface area contributed by atoms with Crippen LogP contribution in [0.4, 0.5) is 5.69 Å². The van der Waals surface area contributed by atoms with Gasteiger partial charge in [-0.25, -0.2) is 0 Å². The molecule has 0 atom stereocenters. The lowest BCUT2D eigenvalue weighted by Gasteiger charge is -2.26. The normalized spacial score (nSPS) is 15.7. The van der Waals surface area contributed by atoms with Crippen molar-refractivity contribution in [3.8, 4) is 5.69 Å². The minimum Gasteiger partial charge on any atom is -0.379 e. The Morgan fingerprint density at radius 1 is 1.04 bits per heavy atom. The molecule has 124 valence electrons. The molecule has 3 rings (SSSR count). The fourth-order valence-electron chi connectivity index (χ4n) is 3.09. The highest BCUT2D eigenvalue weighted by Gasteiger charge is 2.10. The molecule has 1 aromatic heterocycles. The van der Waals surface area contributed by atoms with Gasteiger partial charge in [-0.05, 0) is 55.8 Å². The second kappa shape index (κ2) is 7.66. The molecule has 1 saturated heterocycles. The minimum absolute atomic E-state index is 0.884. The SMILES string of the molecule is CN(C)c1ccc(-n2cccc2CCCN2CCOCC2)cc1. The zero-order chi connectivity index (χ0) is 16.1. The first-order valence-electron chi connectivity index (χ1n) is 8.48. The molecule has 0 bridgehead atoms. The molecule has 4 nitrogen and oxygen atoms in total.